The summed E-state index contributed by atoms with van der Waals surface area (Å²) >= 11 is 1.68. The molecule has 1 saturated carbocycles. The number of hydrogen-bond acceptors (Lipinski definition) is 4. The molecule has 1 heterocycles. The lowest BCUT2D eigenvalue weighted by Crippen LogP contribution is -2.36. The van der Waals surface area contributed by atoms with E-state index in [-0.39, 0.29) is 42.1 Å². The van der Waals surface area contributed by atoms with E-state index in [1.807, 2.05) is 0 Å². The van der Waals surface area contributed by atoms with Crippen molar-refractivity contribution < 1.29 is 4.79 Å². The van der Waals surface area contributed by atoms with Gasteiger partial charge in [-0.05, 0) is 25.3 Å². The van der Waals surface area contributed by atoms with Gasteiger partial charge in [0.1, 0.15) is 0 Å². The average Bonchev–Trinajstić information content (AvgIpc) is 3.06. The predicted octanol–water partition coefficient (Wildman–Crippen LogP) is 3.32. The van der Waals surface area contributed by atoms with Crippen LogP contribution >= 0.6 is 36.2 Å². The molecule has 0 saturated heterocycles. The van der Waals surface area contributed by atoms with Crippen LogP contribution in [-0.4, -0.2) is 24.0 Å². The van der Waals surface area contributed by atoms with Gasteiger partial charge in [-0.1, -0.05) is 27.2 Å². The molecule has 1 fully saturated rings. The summed E-state index contributed by atoms with van der Waals surface area (Å²) in [4.78, 5) is 16.8. The first-order valence-electron chi connectivity index (χ1n) is 7.84. The van der Waals surface area contributed by atoms with Gasteiger partial charge in [0.15, 0.2) is 0 Å². The molecule has 1 amide bonds. The summed E-state index contributed by atoms with van der Waals surface area (Å²) < 4.78 is 0. The van der Waals surface area contributed by atoms with Crippen molar-refractivity contribution in [2.45, 2.75) is 51.9 Å². The number of rotatable bonds is 5. The first-order chi connectivity index (χ1) is 9.91. The van der Waals surface area contributed by atoms with Gasteiger partial charge in [-0.25, -0.2) is 4.98 Å². The predicted molar refractivity (Wildman–Crippen MR) is 102 cm³/mol. The molecule has 0 aromatic carbocycles. The molecule has 1 aromatic rings. The minimum Gasteiger partial charge on any atom is -0.355 e. The highest BCUT2D eigenvalue weighted by molar-refractivity contribution is 7.09. The molecule has 0 unspecified atom stereocenters. The third-order valence-electron chi connectivity index (χ3n) is 4.26. The van der Waals surface area contributed by atoms with E-state index in [0.29, 0.717) is 19.0 Å². The first-order valence-corrected chi connectivity index (χ1v) is 8.72. The zero-order chi connectivity index (χ0) is 15.5. The molecular weight excluding hydrogens is 353 g/mol. The summed E-state index contributed by atoms with van der Waals surface area (Å²) in [6.07, 6.45) is 4.02. The van der Waals surface area contributed by atoms with Crippen molar-refractivity contribution in [2.75, 3.05) is 13.1 Å². The third-order valence-corrected chi connectivity index (χ3v) is 5.17. The van der Waals surface area contributed by atoms with Crippen LogP contribution < -0.4 is 11.1 Å². The molecule has 0 bridgehead atoms. The lowest BCUT2D eigenvalue weighted by molar-refractivity contribution is -0.125. The molecule has 1 aliphatic rings. The Hall–Kier alpha value is -0.360. The number of halogens is 2. The second kappa shape index (κ2) is 9.82. The Morgan fingerprint density at radius 3 is 2.65 bits per heavy atom. The number of nitrogens with zero attached hydrogens (tertiary/aromatic N) is 1. The average molecular weight is 382 g/mol. The number of amides is 1. The molecule has 1 aliphatic carbocycles. The number of nitrogens with one attached hydrogen (secondary N) is 1. The van der Waals surface area contributed by atoms with Crippen LogP contribution in [0.3, 0.4) is 0 Å². The van der Waals surface area contributed by atoms with Gasteiger partial charge in [-0.2, -0.15) is 0 Å². The molecule has 1 aromatic heterocycles. The van der Waals surface area contributed by atoms with Gasteiger partial charge in [0.2, 0.25) is 5.91 Å². The molecule has 3 N–H and O–H groups in total. The molecule has 7 heteroatoms. The van der Waals surface area contributed by atoms with Crippen LogP contribution in [0.2, 0.25) is 0 Å². The fourth-order valence-electron chi connectivity index (χ4n) is 2.86. The van der Waals surface area contributed by atoms with E-state index in [4.69, 9.17) is 5.73 Å². The van der Waals surface area contributed by atoms with E-state index >= 15 is 0 Å². The molecule has 2 atom stereocenters. The van der Waals surface area contributed by atoms with Gasteiger partial charge < -0.3 is 11.1 Å². The maximum absolute atomic E-state index is 12.2. The summed E-state index contributed by atoms with van der Waals surface area (Å²) in [6.45, 7) is 7.80. The lowest BCUT2D eigenvalue weighted by atomic mass is 9.93. The molecule has 23 heavy (non-hydrogen) atoms. The highest BCUT2D eigenvalue weighted by Gasteiger charge is 2.31. The first kappa shape index (κ1) is 22.6. The molecule has 0 aliphatic heterocycles. The smallest absolute Gasteiger partial charge is 0.223 e. The van der Waals surface area contributed by atoms with Gasteiger partial charge in [0.25, 0.3) is 0 Å². The van der Waals surface area contributed by atoms with Crippen molar-refractivity contribution in [1.29, 1.82) is 0 Å². The maximum atomic E-state index is 12.2. The Morgan fingerprint density at radius 1 is 1.39 bits per heavy atom. The van der Waals surface area contributed by atoms with Crippen molar-refractivity contribution in [1.82, 2.24) is 10.3 Å². The van der Waals surface area contributed by atoms with E-state index in [1.54, 1.807) is 11.3 Å². The Balaban J connectivity index is 0.00000242. The number of nitrogens with two attached hydrogens (primary N) is 1. The van der Waals surface area contributed by atoms with E-state index in [9.17, 15) is 4.79 Å². The summed E-state index contributed by atoms with van der Waals surface area (Å²) in [7, 11) is 0. The Bertz CT molecular complexity index is 488. The van der Waals surface area contributed by atoms with Gasteiger partial charge in [0.05, 0.1) is 10.7 Å². The number of hydrogen-bond donors (Lipinski definition) is 2. The van der Waals surface area contributed by atoms with Crippen molar-refractivity contribution in [2.24, 2.45) is 17.6 Å². The zero-order valence-corrected chi connectivity index (χ0v) is 16.6. The SMILES string of the molecule is CC(C)(C)c1csc(CCNC(=O)[C@@H]2CCC[C@@H]2CN)n1.Cl.Cl. The second-order valence-corrected chi connectivity index (χ2v) is 7.89. The number of thiazole rings is 1. The van der Waals surface area contributed by atoms with Crippen LogP contribution in [0, 0.1) is 11.8 Å². The quantitative estimate of drug-likeness (QED) is 0.821. The van der Waals surface area contributed by atoms with Gasteiger partial charge >= 0.3 is 0 Å². The molecule has 0 radical (unpaired) electrons. The Kier molecular flexibility index (Phi) is 9.67. The summed E-state index contributed by atoms with van der Waals surface area (Å²) in [5.74, 6) is 0.671. The summed E-state index contributed by atoms with van der Waals surface area (Å²) in [5, 5.41) is 6.28. The Morgan fingerprint density at radius 2 is 2.09 bits per heavy atom. The molecule has 134 valence electrons. The minimum absolute atomic E-state index is 0. The van der Waals surface area contributed by atoms with Crippen LogP contribution in [0.15, 0.2) is 5.38 Å². The summed E-state index contributed by atoms with van der Waals surface area (Å²) in [5.41, 5.74) is 6.96. The standard InChI is InChI=1S/C16H27N3OS.2ClH/c1-16(2,3)13-10-21-14(19-13)7-8-18-15(20)12-6-4-5-11(12)9-17;;/h10-12H,4-9,17H2,1-3H3,(H,18,20);2*1H/t11-,12-;;/m1../s1. The third kappa shape index (κ3) is 6.22. The van der Waals surface area contributed by atoms with Crippen molar-refractivity contribution in [3.05, 3.63) is 16.1 Å². The highest BCUT2D eigenvalue weighted by Crippen LogP contribution is 2.31. The minimum atomic E-state index is 0. The van der Waals surface area contributed by atoms with Crippen LogP contribution in [0.25, 0.3) is 0 Å². The van der Waals surface area contributed by atoms with Crippen LogP contribution in [-0.2, 0) is 16.6 Å². The van der Waals surface area contributed by atoms with Crippen LogP contribution in [0.1, 0.15) is 50.7 Å². The van der Waals surface area contributed by atoms with E-state index in [2.05, 4.69) is 36.5 Å². The topological polar surface area (TPSA) is 68.0 Å². The monoisotopic (exact) mass is 381 g/mol. The van der Waals surface area contributed by atoms with Crippen molar-refractivity contribution in [3.63, 3.8) is 0 Å². The zero-order valence-electron chi connectivity index (χ0n) is 14.1. The van der Waals surface area contributed by atoms with Crippen molar-refractivity contribution in [3.8, 4) is 0 Å². The van der Waals surface area contributed by atoms with Crippen LogP contribution in [0.5, 0.6) is 0 Å². The Labute approximate surface area is 155 Å². The van der Waals surface area contributed by atoms with Gasteiger partial charge in [-0.3, -0.25) is 4.79 Å². The summed E-state index contributed by atoms with van der Waals surface area (Å²) in [6, 6.07) is 0. The fraction of sp³-hybridized carbons (Fsp3) is 0.750. The van der Waals surface area contributed by atoms with E-state index in [1.165, 1.54) is 0 Å². The van der Waals surface area contributed by atoms with Gasteiger partial charge in [-0.15, -0.1) is 36.2 Å². The molecular formula is C16H29Cl2N3OS. The highest BCUT2D eigenvalue weighted by atomic mass is 35.5. The fourth-order valence-corrected chi connectivity index (χ4v) is 3.88. The van der Waals surface area contributed by atoms with E-state index in [0.717, 1.165) is 36.4 Å². The van der Waals surface area contributed by atoms with Gasteiger partial charge in [0, 0.05) is 29.7 Å². The number of carbonyl (C=O) groups is 1. The van der Waals surface area contributed by atoms with Crippen molar-refractivity contribution >= 4 is 42.1 Å². The largest absolute Gasteiger partial charge is 0.355 e. The lowest BCUT2D eigenvalue weighted by Gasteiger charge is -2.17. The molecule has 0 spiro atoms. The normalized spacial score (nSPS) is 20.5. The number of carbonyl (C=O) groups excluding carboxylic acids is 1. The number of aromatic nitrogens is 1. The molecule has 4 nitrogen and oxygen atoms in total. The second-order valence-electron chi connectivity index (χ2n) is 6.95. The van der Waals surface area contributed by atoms with Crippen LogP contribution in [0.4, 0.5) is 0 Å². The molecule has 2 rings (SSSR count). The van der Waals surface area contributed by atoms with E-state index < -0.39 is 0 Å². The maximum Gasteiger partial charge on any atom is 0.223 e.